The van der Waals surface area contributed by atoms with Gasteiger partial charge in [0.25, 0.3) is 5.69 Å². The van der Waals surface area contributed by atoms with Crippen molar-refractivity contribution in [3.05, 3.63) is 39.9 Å². The minimum atomic E-state index is -0.884. The highest BCUT2D eigenvalue weighted by atomic mass is 16.6. The molecule has 8 heteroatoms. The molecule has 1 fully saturated rings. The van der Waals surface area contributed by atoms with Crippen LogP contribution in [0.15, 0.2) is 29.4 Å². The smallest absolute Gasteiger partial charge is 0.329 e. The highest BCUT2D eigenvalue weighted by Gasteiger charge is 2.20. The number of amides is 2. The summed E-state index contributed by atoms with van der Waals surface area (Å²) < 4.78 is 0. The average Bonchev–Trinajstić information content (AvgIpc) is 2.56. The maximum atomic E-state index is 11.7. The summed E-state index contributed by atoms with van der Waals surface area (Å²) in [5, 5.41) is 17.1. The fraction of sp³-hybridized carbons (Fsp3) is 0.400. The van der Waals surface area contributed by atoms with E-state index < -0.39 is 16.7 Å². The summed E-state index contributed by atoms with van der Waals surface area (Å²) in [6, 6.07) is 6.01. The van der Waals surface area contributed by atoms with Crippen LogP contribution >= 0.6 is 0 Å². The van der Waals surface area contributed by atoms with Crippen LogP contribution in [-0.2, 0) is 9.59 Å². The maximum absolute atomic E-state index is 11.7. The number of hydrogen-bond acceptors (Lipinski definition) is 5. The monoisotopic (exact) mass is 318 g/mol. The molecule has 122 valence electrons. The first-order valence-corrected chi connectivity index (χ1v) is 7.45. The topological polar surface area (TPSA) is 114 Å². The fourth-order valence-electron chi connectivity index (χ4n) is 2.47. The van der Waals surface area contributed by atoms with E-state index in [0.717, 1.165) is 38.3 Å². The van der Waals surface area contributed by atoms with Crippen molar-refractivity contribution in [2.24, 2.45) is 5.10 Å². The number of nitrogens with zero attached hydrogens (tertiary/aromatic N) is 2. The van der Waals surface area contributed by atoms with Crippen LogP contribution in [0.1, 0.15) is 37.7 Å². The van der Waals surface area contributed by atoms with E-state index in [9.17, 15) is 19.7 Å². The lowest BCUT2D eigenvalue weighted by atomic mass is 9.95. The van der Waals surface area contributed by atoms with Crippen LogP contribution in [0.4, 0.5) is 5.69 Å². The lowest BCUT2D eigenvalue weighted by Gasteiger charge is -2.22. The lowest BCUT2D eigenvalue weighted by Crippen LogP contribution is -2.44. The SMILES string of the molecule is O=C(NN=Cc1ccccc1[N+](=O)[O-])C(=O)NC1CCCCC1. The van der Waals surface area contributed by atoms with Gasteiger partial charge in [-0.1, -0.05) is 31.4 Å². The predicted octanol–water partition coefficient (Wildman–Crippen LogP) is 1.49. The Morgan fingerprint density at radius 2 is 1.87 bits per heavy atom. The molecule has 0 aliphatic heterocycles. The van der Waals surface area contributed by atoms with E-state index >= 15 is 0 Å². The summed E-state index contributed by atoms with van der Waals surface area (Å²) in [6.45, 7) is 0. The van der Waals surface area contributed by atoms with Gasteiger partial charge in [0.05, 0.1) is 16.7 Å². The minimum Gasteiger partial charge on any atom is -0.345 e. The molecule has 0 spiro atoms. The normalized spacial score (nSPS) is 15.3. The second-order valence-electron chi connectivity index (χ2n) is 5.32. The van der Waals surface area contributed by atoms with Gasteiger partial charge in [0, 0.05) is 12.1 Å². The number of hydrazone groups is 1. The Morgan fingerprint density at radius 3 is 2.57 bits per heavy atom. The summed E-state index contributed by atoms with van der Waals surface area (Å²) in [5.41, 5.74) is 2.20. The van der Waals surface area contributed by atoms with Gasteiger partial charge in [-0.05, 0) is 18.9 Å². The van der Waals surface area contributed by atoms with Crippen molar-refractivity contribution in [2.45, 2.75) is 38.1 Å². The molecule has 0 bridgehead atoms. The van der Waals surface area contributed by atoms with Crippen molar-refractivity contribution >= 4 is 23.7 Å². The quantitative estimate of drug-likeness (QED) is 0.379. The van der Waals surface area contributed by atoms with Crippen molar-refractivity contribution in [3.8, 4) is 0 Å². The van der Waals surface area contributed by atoms with Crippen molar-refractivity contribution in [2.75, 3.05) is 0 Å². The summed E-state index contributed by atoms with van der Waals surface area (Å²) in [4.78, 5) is 33.7. The van der Waals surface area contributed by atoms with Crippen molar-refractivity contribution in [1.29, 1.82) is 0 Å². The van der Waals surface area contributed by atoms with Gasteiger partial charge in [-0.3, -0.25) is 19.7 Å². The van der Waals surface area contributed by atoms with Crippen LogP contribution in [0.25, 0.3) is 0 Å². The summed E-state index contributed by atoms with van der Waals surface area (Å²) >= 11 is 0. The fourth-order valence-corrected chi connectivity index (χ4v) is 2.47. The molecule has 0 saturated heterocycles. The van der Waals surface area contributed by atoms with E-state index in [1.54, 1.807) is 6.07 Å². The van der Waals surface area contributed by atoms with E-state index in [-0.39, 0.29) is 17.3 Å². The third-order valence-electron chi connectivity index (χ3n) is 3.65. The van der Waals surface area contributed by atoms with Crippen LogP contribution < -0.4 is 10.7 Å². The Bertz CT molecular complexity index is 624. The van der Waals surface area contributed by atoms with Crippen molar-refractivity contribution in [1.82, 2.24) is 10.7 Å². The Morgan fingerprint density at radius 1 is 1.17 bits per heavy atom. The van der Waals surface area contributed by atoms with Gasteiger partial charge in [0.15, 0.2) is 0 Å². The molecular weight excluding hydrogens is 300 g/mol. The molecule has 1 aliphatic rings. The number of nitro groups is 1. The van der Waals surface area contributed by atoms with Crippen molar-refractivity contribution in [3.63, 3.8) is 0 Å². The number of rotatable bonds is 4. The number of hydrogen-bond donors (Lipinski definition) is 2. The van der Waals surface area contributed by atoms with Gasteiger partial charge in [0.1, 0.15) is 0 Å². The molecule has 2 N–H and O–H groups in total. The maximum Gasteiger partial charge on any atom is 0.329 e. The van der Waals surface area contributed by atoms with E-state index in [2.05, 4.69) is 15.8 Å². The van der Waals surface area contributed by atoms with E-state index in [4.69, 9.17) is 0 Å². The molecule has 23 heavy (non-hydrogen) atoms. The third kappa shape index (κ3) is 4.87. The molecular formula is C15H18N4O4. The highest BCUT2D eigenvalue weighted by molar-refractivity contribution is 6.35. The van der Waals surface area contributed by atoms with Crippen LogP contribution in [0, 0.1) is 10.1 Å². The first-order valence-electron chi connectivity index (χ1n) is 7.45. The van der Waals surface area contributed by atoms with Gasteiger partial charge in [-0.15, -0.1) is 0 Å². The van der Waals surface area contributed by atoms with Crippen LogP contribution in [0.5, 0.6) is 0 Å². The first kappa shape index (κ1) is 16.6. The summed E-state index contributed by atoms with van der Waals surface area (Å²) in [7, 11) is 0. The largest absolute Gasteiger partial charge is 0.345 e. The molecule has 1 saturated carbocycles. The van der Waals surface area contributed by atoms with Gasteiger partial charge in [-0.2, -0.15) is 5.10 Å². The molecule has 1 aromatic rings. The van der Waals surface area contributed by atoms with E-state index in [1.807, 2.05) is 0 Å². The molecule has 0 unspecified atom stereocenters. The number of carbonyl (C=O) groups excluding carboxylic acids is 2. The van der Waals surface area contributed by atoms with Gasteiger partial charge in [-0.25, -0.2) is 5.43 Å². The highest BCUT2D eigenvalue weighted by Crippen LogP contribution is 2.17. The van der Waals surface area contributed by atoms with Crippen LogP contribution in [-0.4, -0.2) is 29.0 Å². The molecule has 1 aliphatic carbocycles. The second kappa shape index (κ2) is 8.02. The lowest BCUT2D eigenvalue weighted by molar-refractivity contribution is -0.385. The molecule has 0 heterocycles. The Labute approximate surface area is 133 Å². The molecule has 1 aromatic carbocycles. The third-order valence-corrected chi connectivity index (χ3v) is 3.65. The summed E-state index contributed by atoms with van der Waals surface area (Å²) in [5.74, 6) is -1.62. The van der Waals surface area contributed by atoms with E-state index in [1.165, 1.54) is 18.2 Å². The van der Waals surface area contributed by atoms with E-state index in [0.29, 0.717) is 0 Å². The van der Waals surface area contributed by atoms with Crippen molar-refractivity contribution < 1.29 is 14.5 Å². The second-order valence-corrected chi connectivity index (χ2v) is 5.32. The van der Waals surface area contributed by atoms with Crippen LogP contribution in [0.3, 0.4) is 0 Å². The standard InChI is InChI=1S/C15H18N4O4/c20-14(17-12-7-2-1-3-8-12)15(21)18-16-10-11-6-4-5-9-13(11)19(22)23/h4-6,9-10,12H,1-3,7-8H2,(H,17,20)(H,18,21). The number of para-hydroxylation sites is 1. The number of nitrogens with one attached hydrogen (secondary N) is 2. The van der Waals surface area contributed by atoms with Gasteiger partial charge >= 0.3 is 11.8 Å². The zero-order chi connectivity index (χ0) is 16.7. The first-order chi connectivity index (χ1) is 11.1. The van der Waals surface area contributed by atoms with Gasteiger partial charge in [0.2, 0.25) is 0 Å². The number of benzene rings is 1. The average molecular weight is 318 g/mol. The summed E-state index contributed by atoms with van der Waals surface area (Å²) in [6.07, 6.45) is 6.13. The minimum absolute atomic E-state index is 0.0289. The molecule has 8 nitrogen and oxygen atoms in total. The number of nitro benzene ring substituents is 1. The number of carbonyl (C=O) groups is 2. The Kier molecular flexibility index (Phi) is 5.79. The molecule has 0 atom stereocenters. The molecule has 2 rings (SSSR count). The molecule has 2 amide bonds. The zero-order valence-electron chi connectivity index (χ0n) is 12.5. The van der Waals surface area contributed by atoms with Crippen LogP contribution in [0.2, 0.25) is 0 Å². The predicted molar refractivity (Wildman–Crippen MR) is 83.8 cm³/mol. The molecule has 0 radical (unpaired) electrons. The Balaban J connectivity index is 1.88. The zero-order valence-corrected chi connectivity index (χ0v) is 12.5. The molecule has 0 aromatic heterocycles. The Hall–Kier alpha value is -2.77. The van der Waals surface area contributed by atoms with Gasteiger partial charge < -0.3 is 5.32 Å².